The van der Waals surface area contributed by atoms with Crippen molar-refractivity contribution in [1.29, 1.82) is 0 Å². The van der Waals surface area contributed by atoms with Crippen molar-refractivity contribution in [3.63, 3.8) is 0 Å². The third-order valence-electron chi connectivity index (χ3n) is 2.79. The van der Waals surface area contributed by atoms with Crippen molar-refractivity contribution >= 4 is 48.9 Å². The van der Waals surface area contributed by atoms with Crippen molar-refractivity contribution < 1.29 is 4.79 Å². The van der Waals surface area contributed by atoms with Gasteiger partial charge in [-0.05, 0) is 31.5 Å². The Morgan fingerprint density at radius 2 is 2.37 bits per heavy atom. The standard InChI is InChI=1S/C14H15BrN2OS/c1-3-4-8(2)17-14(18)13-12(16)10-7-9(15)5-6-11(10)19-13/h3,5-8H,1,4,16H2,2H3,(H,17,18). The number of carbonyl (C=O) groups excluding carboxylic acids is 1. The number of carbonyl (C=O) groups is 1. The zero-order chi connectivity index (χ0) is 14.0. The van der Waals surface area contributed by atoms with Crippen LogP contribution in [0.25, 0.3) is 10.1 Å². The average Bonchev–Trinajstić information content (AvgIpc) is 2.67. The highest BCUT2D eigenvalue weighted by Gasteiger charge is 2.17. The summed E-state index contributed by atoms with van der Waals surface area (Å²) < 4.78 is 1.97. The van der Waals surface area contributed by atoms with E-state index in [1.165, 1.54) is 11.3 Å². The van der Waals surface area contributed by atoms with Gasteiger partial charge in [0.1, 0.15) is 4.88 Å². The van der Waals surface area contributed by atoms with E-state index in [9.17, 15) is 4.79 Å². The highest BCUT2D eigenvalue weighted by Crippen LogP contribution is 2.35. The number of hydrogen-bond acceptors (Lipinski definition) is 3. The minimum Gasteiger partial charge on any atom is -0.397 e. The smallest absolute Gasteiger partial charge is 0.263 e. The van der Waals surface area contributed by atoms with Gasteiger partial charge in [0.05, 0.1) is 5.69 Å². The van der Waals surface area contributed by atoms with Gasteiger partial charge in [0, 0.05) is 20.6 Å². The molecule has 0 saturated carbocycles. The third-order valence-corrected chi connectivity index (χ3v) is 4.47. The molecule has 5 heteroatoms. The number of nitrogens with one attached hydrogen (secondary N) is 1. The fourth-order valence-electron chi connectivity index (χ4n) is 1.86. The molecule has 3 nitrogen and oxygen atoms in total. The summed E-state index contributed by atoms with van der Waals surface area (Å²) in [6.07, 6.45) is 2.53. The van der Waals surface area contributed by atoms with Gasteiger partial charge in [-0.15, -0.1) is 17.9 Å². The fourth-order valence-corrected chi connectivity index (χ4v) is 3.22. The largest absolute Gasteiger partial charge is 0.397 e. The van der Waals surface area contributed by atoms with Gasteiger partial charge in [0.25, 0.3) is 5.91 Å². The number of nitrogen functional groups attached to an aromatic ring is 1. The Morgan fingerprint density at radius 1 is 1.63 bits per heavy atom. The van der Waals surface area contributed by atoms with Gasteiger partial charge < -0.3 is 11.1 Å². The van der Waals surface area contributed by atoms with Gasteiger partial charge in [-0.1, -0.05) is 22.0 Å². The zero-order valence-corrected chi connectivity index (χ0v) is 13.0. The van der Waals surface area contributed by atoms with E-state index in [1.807, 2.05) is 25.1 Å². The van der Waals surface area contributed by atoms with Crippen LogP contribution in [0.15, 0.2) is 35.3 Å². The van der Waals surface area contributed by atoms with Crippen LogP contribution in [0.4, 0.5) is 5.69 Å². The molecule has 0 aliphatic heterocycles. The van der Waals surface area contributed by atoms with E-state index in [4.69, 9.17) is 5.73 Å². The molecule has 1 amide bonds. The highest BCUT2D eigenvalue weighted by atomic mass is 79.9. The summed E-state index contributed by atoms with van der Waals surface area (Å²) in [5.74, 6) is -0.121. The first-order chi connectivity index (χ1) is 9.02. The van der Waals surface area contributed by atoms with E-state index in [1.54, 1.807) is 6.08 Å². The second-order valence-corrected chi connectivity index (χ2v) is 6.35. The van der Waals surface area contributed by atoms with E-state index in [2.05, 4.69) is 27.8 Å². The lowest BCUT2D eigenvalue weighted by molar-refractivity contribution is 0.0945. The maximum atomic E-state index is 12.2. The summed E-state index contributed by atoms with van der Waals surface area (Å²) in [4.78, 5) is 12.8. The van der Waals surface area contributed by atoms with Crippen LogP contribution in [0.5, 0.6) is 0 Å². The molecule has 2 rings (SSSR count). The van der Waals surface area contributed by atoms with E-state index in [-0.39, 0.29) is 11.9 Å². The molecule has 2 aromatic rings. The minimum absolute atomic E-state index is 0.0568. The number of halogens is 1. The Hall–Kier alpha value is -1.33. The maximum absolute atomic E-state index is 12.2. The molecule has 0 spiro atoms. The topological polar surface area (TPSA) is 55.1 Å². The lowest BCUT2D eigenvalue weighted by Gasteiger charge is -2.10. The highest BCUT2D eigenvalue weighted by molar-refractivity contribution is 9.10. The molecule has 0 radical (unpaired) electrons. The van der Waals surface area contributed by atoms with Crippen molar-refractivity contribution in [3.05, 3.63) is 40.2 Å². The molecule has 100 valence electrons. The van der Waals surface area contributed by atoms with Crippen LogP contribution < -0.4 is 11.1 Å². The normalized spacial score (nSPS) is 12.3. The maximum Gasteiger partial charge on any atom is 0.263 e. The SMILES string of the molecule is C=CCC(C)NC(=O)c1sc2ccc(Br)cc2c1N. The number of rotatable bonds is 4. The van der Waals surface area contributed by atoms with Gasteiger partial charge in [-0.25, -0.2) is 0 Å². The van der Waals surface area contributed by atoms with Crippen molar-refractivity contribution in [1.82, 2.24) is 5.32 Å². The molecule has 0 saturated heterocycles. The molecular weight excluding hydrogens is 324 g/mol. The van der Waals surface area contributed by atoms with Crippen molar-refractivity contribution in [2.75, 3.05) is 5.73 Å². The van der Waals surface area contributed by atoms with E-state index >= 15 is 0 Å². The number of fused-ring (bicyclic) bond motifs is 1. The molecular formula is C14H15BrN2OS. The van der Waals surface area contributed by atoms with E-state index < -0.39 is 0 Å². The van der Waals surface area contributed by atoms with Crippen molar-refractivity contribution in [2.45, 2.75) is 19.4 Å². The molecule has 1 heterocycles. The zero-order valence-electron chi connectivity index (χ0n) is 10.6. The second kappa shape index (κ2) is 5.75. The Kier molecular flexibility index (Phi) is 4.27. The van der Waals surface area contributed by atoms with Gasteiger partial charge >= 0.3 is 0 Å². The molecule has 19 heavy (non-hydrogen) atoms. The Balaban J connectivity index is 2.32. The molecule has 1 aromatic carbocycles. The van der Waals surface area contributed by atoms with Crippen molar-refractivity contribution in [2.24, 2.45) is 0 Å². The molecule has 3 N–H and O–H groups in total. The first kappa shape index (κ1) is 14.1. The van der Waals surface area contributed by atoms with Gasteiger partial charge in [0.2, 0.25) is 0 Å². The minimum atomic E-state index is -0.121. The van der Waals surface area contributed by atoms with Crippen LogP contribution >= 0.6 is 27.3 Å². The van der Waals surface area contributed by atoms with Gasteiger partial charge in [-0.3, -0.25) is 4.79 Å². The van der Waals surface area contributed by atoms with E-state index in [0.717, 1.165) is 21.0 Å². The summed E-state index contributed by atoms with van der Waals surface area (Å²) in [5, 5.41) is 3.84. The lowest BCUT2D eigenvalue weighted by atomic mass is 10.2. The predicted molar refractivity (Wildman–Crippen MR) is 85.7 cm³/mol. The van der Waals surface area contributed by atoms with E-state index in [0.29, 0.717) is 10.6 Å². The summed E-state index contributed by atoms with van der Waals surface area (Å²) in [6.45, 7) is 5.61. The van der Waals surface area contributed by atoms with Crippen molar-refractivity contribution in [3.8, 4) is 0 Å². The number of hydrogen-bond donors (Lipinski definition) is 2. The van der Waals surface area contributed by atoms with Crippen LogP contribution in [0.3, 0.4) is 0 Å². The predicted octanol–water partition coefficient (Wildman–Crippen LogP) is 3.94. The van der Waals surface area contributed by atoms with Gasteiger partial charge in [-0.2, -0.15) is 0 Å². The second-order valence-electron chi connectivity index (χ2n) is 4.38. The number of thiophene rings is 1. The quantitative estimate of drug-likeness (QED) is 0.829. The monoisotopic (exact) mass is 338 g/mol. The van der Waals surface area contributed by atoms with Crippen LogP contribution in [-0.2, 0) is 0 Å². The summed E-state index contributed by atoms with van der Waals surface area (Å²) in [7, 11) is 0. The third kappa shape index (κ3) is 2.98. The summed E-state index contributed by atoms with van der Waals surface area (Å²) in [6, 6.07) is 5.90. The van der Waals surface area contributed by atoms with Crippen LogP contribution in [0.2, 0.25) is 0 Å². The Labute approximate surface area is 124 Å². The van der Waals surface area contributed by atoms with Crippen LogP contribution in [0, 0.1) is 0 Å². The van der Waals surface area contributed by atoms with Crippen LogP contribution in [-0.4, -0.2) is 11.9 Å². The molecule has 0 aliphatic carbocycles. The summed E-state index contributed by atoms with van der Waals surface area (Å²) in [5.41, 5.74) is 6.61. The average molecular weight is 339 g/mol. The number of anilines is 1. The van der Waals surface area contributed by atoms with Crippen LogP contribution in [0.1, 0.15) is 23.0 Å². The molecule has 0 bridgehead atoms. The number of nitrogens with two attached hydrogens (primary N) is 1. The molecule has 0 aliphatic rings. The lowest BCUT2D eigenvalue weighted by Crippen LogP contribution is -2.31. The molecule has 0 fully saturated rings. The van der Waals surface area contributed by atoms with Gasteiger partial charge in [0.15, 0.2) is 0 Å². The first-order valence-corrected chi connectivity index (χ1v) is 7.53. The molecule has 1 atom stereocenters. The number of benzene rings is 1. The fraction of sp³-hybridized carbons (Fsp3) is 0.214. The molecule has 1 aromatic heterocycles. The Bertz CT molecular complexity index is 636. The molecule has 1 unspecified atom stereocenters. The first-order valence-electron chi connectivity index (χ1n) is 5.92. The Morgan fingerprint density at radius 3 is 3.05 bits per heavy atom. The number of amides is 1. The summed E-state index contributed by atoms with van der Waals surface area (Å²) >= 11 is 4.83.